The number of nitrogens with one attached hydrogen (secondary N) is 1. The highest BCUT2D eigenvalue weighted by atomic mass is 16.5. The van der Waals surface area contributed by atoms with Crippen molar-refractivity contribution in [3.8, 4) is 0 Å². The Bertz CT molecular complexity index is 200. The Morgan fingerprint density at radius 2 is 2.06 bits per heavy atom. The van der Waals surface area contributed by atoms with Gasteiger partial charge in [-0.1, -0.05) is 0 Å². The molecule has 0 aliphatic heterocycles. The van der Waals surface area contributed by atoms with Crippen LogP contribution in [0.5, 0.6) is 0 Å². The van der Waals surface area contributed by atoms with Crippen LogP contribution in [0.3, 0.4) is 0 Å². The summed E-state index contributed by atoms with van der Waals surface area (Å²) in [6, 6.07) is 0. The molecule has 0 spiro atoms. The molecule has 1 aliphatic carbocycles. The van der Waals surface area contributed by atoms with E-state index in [1.807, 2.05) is 6.92 Å². The minimum Gasteiger partial charge on any atom is -0.396 e. The number of aliphatic hydroxyl groups excluding tert-OH is 1. The predicted molar refractivity (Wildman–Crippen MR) is 62.1 cm³/mol. The van der Waals surface area contributed by atoms with Crippen molar-refractivity contribution in [3.05, 3.63) is 0 Å². The van der Waals surface area contributed by atoms with Crippen LogP contribution in [0.15, 0.2) is 0 Å². The molecule has 1 saturated carbocycles. The summed E-state index contributed by atoms with van der Waals surface area (Å²) in [5, 5.41) is 11.7. The maximum Gasteiger partial charge on any atom is 0.222 e. The molecule has 0 aromatic rings. The molecule has 4 heteroatoms. The molecule has 1 amide bonds. The molecule has 0 bridgehead atoms. The zero-order valence-corrected chi connectivity index (χ0v) is 10.1. The first kappa shape index (κ1) is 13.5. The van der Waals surface area contributed by atoms with Gasteiger partial charge < -0.3 is 15.2 Å². The second kappa shape index (κ2) is 7.63. The number of rotatable bonds is 6. The van der Waals surface area contributed by atoms with Crippen LogP contribution >= 0.6 is 0 Å². The van der Waals surface area contributed by atoms with Gasteiger partial charge in [0.1, 0.15) is 0 Å². The Labute approximate surface area is 97.4 Å². The van der Waals surface area contributed by atoms with Gasteiger partial charge in [0.25, 0.3) is 0 Å². The fourth-order valence-electron chi connectivity index (χ4n) is 2.08. The molecule has 16 heavy (non-hydrogen) atoms. The van der Waals surface area contributed by atoms with Gasteiger partial charge in [0, 0.05) is 19.6 Å². The van der Waals surface area contributed by atoms with Crippen molar-refractivity contribution < 1.29 is 14.6 Å². The van der Waals surface area contributed by atoms with E-state index in [0.717, 1.165) is 25.7 Å². The SMILES string of the molecule is CCNC(=O)CCOC1CCC(CO)CC1. The topological polar surface area (TPSA) is 58.6 Å². The Morgan fingerprint density at radius 1 is 1.38 bits per heavy atom. The molecular formula is C12H23NO3. The average molecular weight is 229 g/mol. The number of carbonyl (C=O) groups excluding carboxylic acids is 1. The fraction of sp³-hybridized carbons (Fsp3) is 0.917. The first-order valence-corrected chi connectivity index (χ1v) is 6.25. The molecule has 2 N–H and O–H groups in total. The summed E-state index contributed by atoms with van der Waals surface area (Å²) in [5.41, 5.74) is 0. The van der Waals surface area contributed by atoms with E-state index < -0.39 is 0 Å². The molecule has 0 aromatic carbocycles. The van der Waals surface area contributed by atoms with Gasteiger partial charge in [0.15, 0.2) is 0 Å². The maximum atomic E-state index is 11.2. The van der Waals surface area contributed by atoms with Crippen LogP contribution in [0.1, 0.15) is 39.0 Å². The van der Waals surface area contributed by atoms with Gasteiger partial charge >= 0.3 is 0 Å². The Hall–Kier alpha value is -0.610. The van der Waals surface area contributed by atoms with Gasteiger partial charge in [-0.2, -0.15) is 0 Å². The zero-order valence-electron chi connectivity index (χ0n) is 10.1. The molecule has 0 saturated heterocycles. The van der Waals surface area contributed by atoms with E-state index in [-0.39, 0.29) is 12.0 Å². The smallest absolute Gasteiger partial charge is 0.222 e. The van der Waals surface area contributed by atoms with Crippen molar-refractivity contribution in [1.29, 1.82) is 0 Å². The first-order valence-electron chi connectivity index (χ1n) is 6.25. The molecule has 4 nitrogen and oxygen atoms in total. The van der Waals surface area contributed by atoms with Crippen molar-refractivity contribution in [2.45, 2.75) is 45.1 Å². The molecule has 1 aliphatic rings. The van der Waals surface area contributed by atoms with E-state index in [1.165, 1.54) is 0 Å². The van der Waals surface area contributed by atoms with Gasteiger partial charge in [0.2, 0.25) is 5.91 Å². The van der Waals surface area contributed by atoms with Gasteiger partial charge in [-0.25, -0.2) is 0 Å². The summed E-state index contributed by atoms with van der Waals surface area (Å²) in [4.78, 5) is 11.2. The van der Waals surface area contributed by atoms with E-state index in [4.69, 9.17) is 9.84 Å². The van der Waals surface area contributed by atoms with Crippen LogP contribution < -0.4 is 5.32 Å². The van der Waals surface area contributed by atoms with E-state index in [1.54, 1.807) is 0 Å². The number of hydrogen-bond acceptors (Lipinski definition) is 3. The fourth-order valence-corrected chi connectivity index (χ4v) is 2.08. The van der Waals surface area contributed by atoms with Crippen LogP contribution in [0.25, 0.3) is 0 Å². The Kier molecular flexibility index (Phi) is 6.42. The number of ether oxygens (including phenoxy) is 1. The minimum absolute atomic E-state index is 0.0616. The van der Waals surface area contributed by atoms with Crippen molar-refractivity contribution in [1.82, 2.24) is 5.32 Å². The standard InChI is InChI=1S/C12H23NO3/c1-2-13-12(15)7-8-16-11-5-3-10(9-14)4-6-11/h10-11,14H,2-9H2,1H3,(H,13,15). The van der Waals surface area contributed by atoms with Crippen molar-refractivity contribution in [2.24, 2.45) is 5.92 Å². The largest absolute Gasteiger partial charge is 0.396 e. The zero-order chi connectivity index (χ0) is 11.8. The molecule has 0 aromatic heterocycles. The summed E-state index contributed by atoms with van der Waals surface area (Å²) in [5.74, 6) is 0.523. The number of amides is 1. The van der Waals surface area contributed by atoms with Crippen molar-refractivity contribution in [2.75, 3.05) is 19.8 Å². The molecule has 0 radical (unpaired) electrons. The van der Waals surface area contributed by atoms with E-state index in [0.29, 0.717) is 32.1 Å². The Balaban J connectivity index is 2.04. The van der Waals surface area contributed by atoms with Crippen molar-refractivity contribution >= 4 is 5.91 Å². The van der Waals surface area contributed by atoms with Gasteiger partial charge in [-0.05, 0) is 38.5 Å². The molecular weight excluding hydrogens is 206 g/mol. The van der Waals surface area contributed by atoms with E-state index in [9.17, 15) is 4.79 Å². The molecule has 94 valence electrons. The lowest BCUT2D eigenvalue weighted by molar-refractivity contribution is -0.122. The van der Waals surface area contributed by atoms with Crippen LogP contribution in [-0.2, 0) is 9.53 Å². The number of aliphatic hydroxyl groups is 1. The molecule has 0 heterocycles. The van der Waals surface area contributed by atoms with Crippen LogP contribution in [0, 0.1) is 5.92 Å². The predicted octanol–water partition coefficient (Wildman–Crippen LogP) is 1.08. The lowest BCUT2D eigenvalue weighted by Crippen LogP contribution is -2.27. The van der Waals surface area contributed by atoms with Crippen LogP contribution in [0.2, 0.25) is 0 Å². The quantitative estimate of drug-likeness (QED) is 0.716. The third-order valence-corrected chi connectivity index (χ3v) is 3.11. The first-order chi connectivity index (χ1) is 7.76. The van der Waals surface area contributed by atoms with Crippen LogP contribution in [-0.4, -0.2) is 36.9 Å². The second-order valence-electron chi connectivity index (χ2n) is 4.40. The van der Waals surface area contributed by atoms with Gasteiger partial charge in [0.05, 0.1) is 12.7 Å². The van der Waals surface area contributed by atoms with Gasteiger partial charge in [-0.15, -0.1) is 0 Å². The van der Waals surface area contributed by atoms with E-state index in [2.05, 4.69) is 5.32 Å². The summed E-state index contributed by atoms with van der Waals surface area (Å²) in [6.07, 6.45) is 4.86. The molecule has 1 rings (SSSR count). The van der Waals surface area contributed by atoms with E-state index >= 15 is 0 Å². The highest BCUT2D eigenvalue weighted by molar-refractivity contribution is 5.75. The molecule has 1 fully saturated rings. The summed E-state index contributed by atoms with van der Waals surface area (Å²) in [6.45, 7) is 3.40. The monoisotopic (exact) mass is 229 g/mol. The second-order valence-corrected chi connectivity index (χ2v) is 4.40. The lowest BCUT2D eigenvalue weighted by Gasteiger charge is -2.27. The Morgan fingerprint density at radius 3 is 2.62 bits per heavy atom. The highest BCUT2D eigenvalue weighted by Gasteiger charge is 2.20. The molecule has 0 unspecified atom stereocenters. The normalized spacial score (nSPS) is 25.4. The maximum absolute atomic E-state index is 11.2. The van der Waals surface area contributed by atoms with Gasteiger partial charge in [-0.3, -0.25) is 4.79 Å². The van der Waals surface area contributed by atoms with Crippen molar-refractivity contribution in [3.63, 3.8) is 0 Å². The number of hydrogen-bond donors (Lipinski definition) is 2. The third-order valence-electron chi connectivity index (χ3n) is 3.11. The lowest BCUT2D eigenvalue weighted by atomic mass is 9.88. The average Bonchev–Trinajstić information content (AvgIpc) is 2.30. The summed E-state index contributed by atoms with van der Waals surface area (Å²) >= 11 is 0. The summed E-state index contributed by atoms with van der Waals surface area (Å²) in [7, 11) is 0. The molecule has 0 atom stereocenters. The minimum atomic E-state index is 0.0616. The number of carbonyl (C=O) groups is 1. The van der Waals surface area contributed by atoms with Crippen LogP contribution in [0.4, 0.5) is 0 Å². The third kappa shape index (κ3) is 4.94. The highest BCUT2D eigenvalue weighted by Crippen LogP contribution is 2.25. The summed E-state index contributed by atoms with van der Waals surface area (Å²) < 4.78 is 5.65.